The third-order valence-corrected chi connectivity index (χ3v) is 3.01. The summed E-state index contributed by atoms with van der Waals surface area (Å²) in [5.74, 6) is -0.626. The minimum Gasteiger partial charge on any atom is -0.326 e. The highest BCUT2D eigenvalue weighted by Gasteiger charge is 2.27. The fraction of sp³-hybridized carbons (Fsp3) is 0.533. The molecule has 1 aromatic carbocycles. The topological polar surface area (TPSA) is 41.1 Å². The van der Waals surface area contributed by atoms with Crippen LogP contribution in [-0.4, -0.2) is 18.6 Å². The molecule has 1 unspecified atom stereocenters. The summed E-state index contributed by atoms with van der Waals surface area (Å²) in [5.41, 5.74) is 1.50. The molecule has 0 aliphatic rings. The van der Waals surface area contributed by atoms with E-state index in [1.165, 1.54) is 0 Å². The summed E-state index contributed by atoms with van der Waals surface area (Å²) in [6.07, 6.45) is -4.96. The molecule has 2 N–H and O–H groups in total. The van der Waals surface area contributed by atoms with Gasteiger partial charge in [-0.1, -0.05) is 19.1 Å². The van der Waals surface area contributed by atoms with Crippen LogP contribution in [-0.2, 0) is 4.79 Å². The van der Waals surface area contributed by atoms with Crippen LogP contribution in [0.3, 0.4) is 0 Å². The van der Waals surface area contributed by atoms with E-state index in [1.807, 2.05) is 13.0 Å². The van der Waals surface area contributed by atoms with Crippen LogP contribution in [0.25, 0.3) is 0 Å². The minimum atomic E-state index is -4.31. The quantitative estimate of drug-likeness (QED) is 0.798. The maximum Gasteiger partial charge on any atom is 0.389 e. The number of alkyl halides is 3. The third-order valence-electron chi connectivity index (χ3n) is 3.01. The maximum atomic E-state index is 12.1. The lowest BCUT2D eigenvalue weighted by Gasteiger charge is -2.15. The number of hydrogen-bond donors (Lipinski definition) is 2. The SMILES string of the molecule is CCCNC(C)c1cccc(NC(=O)CCC(F)(F)F)c1. The Kier molecular flexibility index (Phi) is 6.68. The molecular formula is C15H21F3N2O. The van der Waals surface area contributed by atoms with Crippen molar-refractivity contribution in [2.45, 2.75) is 45.3 Å². The van der Waals surface area contributed by atoms with Gasteiger partial charge in [0.05, 0.1) is 6.42 Å². The molecule has 6 heteroatoms. The van der Waals surface area contributed by atoms with E-state index in [0.717, 1.165) is 18.5 Å². The van der Waals surface area contributed by atoms with E-state index in [9.17, 15) is 18.0 Å². The van der Waals surface area contributed by atoms with E-state index in [1.54, 1.807) is 18.2 Å². The van der Waals surface area contributed by atoms with E-state index in [4.69, 9.17) is 0 Å². The summed E-state index contributed by atoms with van der Waals surface area (Å²) in [5, 5.41) is 5.81. The molecule has 0 saturated carbocycles. The molecule has 1 atom stereocenters. The van der Waals surface area contributed by atoms with Crippen molar-refractivity contribution in [1.82, 2.24) is 5.32 Å². The number of carbonyl (C=O) groups is 1. The molecule has 0 radical (unpaired) electrons. The van der Waals surface area contributed by atoms with Crippen LogP contribution >= 0.6 is 0 Å². The van der Waals surface area contributed by atoms with Gasteiger partial charge in [0.2, 0.25) is 5.91 Å². The summed E-state index contributed by atoms with van der Waals surface area (Å²) in [6, 6.07) is 7.26. The Labute approximate surface area is 122 Å². The van der Waals surface area contributed by atoms with E-state index >= 15 is 0 Å². The van der Waals surface area contributed by atoms with Crippen molar-refractivity contribution in [3.63, 3.8) is 0 Å². The van der Waals surface area contributed by atoms with Gasteiger partial charge in [0, 0.05) is 18.2 Å². The zero-order valence-corrected chi connectivity index (χ0v) is 12.3. The van der Waals surface area contributed by atoms with Crippen LogP contribution < -0.4 is 10.6 Å². The Bertz CT molecular complexity index is 460. The first-order valence-corrected chi connectivity index (χ1v) is 7.01. The number of nitrogens with one attached hydrogen (secondary N) is 2. The van der Waals surface area contributed by atoms with Crippen molar-refractivity contribution in [3.8, 4) is 0 Å². The molecule has 0 saturated heterocycles. The van der Waals surface area contributed by atoms with Crippen molar-refractivity contribution < 1.29 is 18.0 Å². The molecule has 21 heavy (non-hydrogen) atoms. The van der Waals surface area contributed by atoms with Crippen LogP contribution in [0.2, 0.25) is 0 Å². The summed E-state index contributed by atoms with van der Waals surface area (Å²) in [6.45, 7) is 4.95. The number of rotatable bonds is 7. The average Bonchev–Trinajstić information content (AvgIpc) is 2.42. The molecule has 118 valence electrons. The first kappa shape index (κ1) is 17.5. The monoisotopic (exact) mass is 302 g/mol. The van der Waals surface area contributed by atoms with Gasteiger partial charge in [-0.05, 0) is 37.6 Å². The summed E-state index contributed by atoms with van der Waals surface area (Å²) >= 11 is 0. The van der Waals surface area contributed by atoms with Crippen LogP contribution in [0.15, 0.2) is 24.3 Å². The van der Waals surface area contributed by atoms with Crippen molar-refractivity contribution in [2.24, 2.45) is 0 Å². The Morgan fingerprint density at radius 2 is 2.05 bits per heavy atom. The molecule has 1 aromatic rings. The van der Waals surface area contributed by atoms with Crippen molar-refractivity contribution in [2.75, 3.05) is 11.9 Å². The normalized spacial score (nSPS) is 13.0. The van der Waals surface area contributed by atoms with Crippen molar-refractivity contribution in [3.05, 3.63) is 29.8 Å². The van der Waals surface area contributed by atoms with Gasteiger partial charge in [-0.3, -0.25) is 4.79 Å². The van der Waals surface area contributed by atoms with Gasteiger partial charge in [-0.2, -0.15) is 13.2 Å². The van der Waals surface area contributed by atoms with E-state index in [-0.39, 0.29) is 6.04 Å². The standard InChI is InChI=1S/C15H21F3N2O/c1-3-9-19-11(2)12-5-4-6-13(10-12)20-14(21)7-8-15(16,17)18/h4-6,10-11,19H,3,7-9H2,1-2H3,(H,20,21). The highest BCUT2D eigenvalue weighted by atomic mass is 19.4. The lowest BCUT2D eigenvalue weighted by molar-refractivity contribution is -0.142. The smallest absolute Gasteiger partial charge is 0.326 e. The fourth-order valence-electron chi connectivity index (χ4n) is 1.84. The second-order valence-electron chi connectivity index (χ2n) is 4.96. The van der Waals surface area contributed by atoms with Crippen molar-refractivity contribution in [1.29, 1.82) is 0 Å². The number of hydrogen-bond acceptors (Lipinski definition) is 2. The van der Waals surface area contributed by atoms with Gasteiger partial charge in [-0.25, -0.2) is 0 Å². The zero-order valence-electron chi connectivity index (χ0n) is 12.3. The summed E-state index contributed by atoms with van der Waals surface area (Å²) in [4.78, 5) is 11.5. The Morgan fingerprint density at radius 1 is 1.33 bits per heavy atom. The molecule has 0 spiro atoms. The first-order valence-electron chi connectivity index (χ1n) is 7.01. The van der Waals surface area contributed by atoms with E-state index < -0.39 is 24.9 Å². The molecule has 1 rings (SSSR count). The van der Waals surface area contributed by atoms with Gasteiger partial charge in [0.1, 0.15) is 0 Å². The lowest BCUT2D eigenvalue weighted by Crippen LogP contribution is -2.20. The van der Waals surface area contributed by atoms with Crippen LogP contribution in [0.5, 0.6) is 0 Å². The Balaban J connectivity index is 2.58. The number of halogens is 3. The number of amides is 1. The molecule has 0 fully saturated rings. The number of anilines is 1. The molecule has 0 aliphatic heterocycles. The van der Waals surface area contributed by atoms with Crippen LogP contribution in [0.1, 0.15) is 44.7 Å². The zero-order chi connectivity index (χ0) is 15.9. The van der Waals surface area contributed by atoms with E-state index in [2.05, 4.69) is 17.6 Å². The molecule has 0 bridgehead atoms. The van der Waals surface area contributed by atoms with Crippen LogP contribution in [0.4, 0.5) is 18.9 Å². The average molecular weight is 302 g/mol. The maximum absolute atomic E-state index is 12.1. The number of benzene rings is 1. The highest BCUT2D eigenvalue weighted by molar-refractivity contribution is 5.90. The Hall–Kier alpha value is -1.56. The van der Waals surface area contributed by atoms with Gasteiger partial charge >= 0.3 is 6.18 Å². The predicted molar refractivity (Wildman–Crippen MR) is 77.1 cm³/mol. The highest BCUT2D eigenvalue weighted by Crippen LogP contribution is 2.22. The minimum absolute atomic E-state index is 0.122. The second-order valence-corrected chi connectivity index (χ2v) is 4.96. The largest absolute Gasteiger partial charge is 0.389 e. The molecule has 0 aliphatic carbocycles. The second kappa shape index (κ2) is 8.02. The summed E-state index contributed by atoms with van der Waals surface area (Å²) in [7, 11) is 0. The van der Waals surface area contributed by atoms with Crippen LogP contribution in [0, 0.1) is 0 Å². The fourth-order valence-corrected chi connectivity index (χ4v) is 1.84. The molecule has 1 amide bonds. The number of carbonyl (C=O) groups excluding carboxylic acids is 1. The molecular weight excluding hydrogens is 281 g/mol. The predicted octanol–water partition coefficient (Wildman–Crippen LogP) is 4.03. The molecule has 0 heterocycles. The molecule has 0 aromatic heterocycles. The lowest BCUT2D eigenvalue weighted by atomic mass is 10.1. The first-order chi connectivity index (χ1) is 9.81. The van der Waals surface area contributed by atoms with Gasteiger partial charge in [0.15, 0.2) is 0 Å². The van der Waals surface area contributed by atoms with Gasteiger partial charge in [0.25, 0.3) is 0 Å². The molecule has 3 nitrogen and oxygen atoms in total. The third kappa shape index (κ3) is 7.13. The van der Waals surface area contributed by atoms with Gasteiger partial charge in [-0.15, -0.1) is 0 Å². The van der Waals surface area contributed by atoms with Crippen molar-refractivity contribution >= 4 is 11.6 Å². The summed E-state index contributed by atoms with van der Waals surface area (Å²) < 4.78 is 36.2. The van der Waals surface area contributed by atoms with E-state index in [0.29, 0.717) is 5.69 Å². The Morgan fingerprint density at radius 3 is 2.67 bits per heavy atom. The van der Waals surface area contributed by atoms with Gasteiger partial charge < -0.3 is 10.6 Å².